The first-order valence-corrected chi connectivity index (χ1v) is 11.6. The van der Waals surface area contributed by atoms with E-state index in [0.717, 1.165) is 71.7 Å². The summed E-state index contributed by atoms with van der Waals surface area (Å²) < 4.78 is 17.2. The van der Waals surface area contributed by atoms with E-state index >= 15 is 0 Å². The standard InChI is InChI=1S/C27H32N2O4/c1-5-28-10-12-29(13-11-28)27(30)14-19(3)22-16-23-24(20-8-7-9-21(15-20)31-4)18-33-26(23)17-25(22)32-6-2/h7-9,14-18H,5-6,10-13H2,1-4H3/b19-14+. The molecule has 1 aliphatic heterocycles. The zero-order valence-electron chi connectivity index (χ0n) is 19.9. The lowest BCUT2D eigenvalue weighted by Gasteiger charge is -2.33. The van der Waals surface area contributed by atoms with Gasteiger partial charge in [-0.25, -0.2) is 0 Å². The van der Waals surface area contributed by atoms with Gasteiger partial charge in [0, 0.05) is 54.8 Å². The van der Waals surface area contributed by atoms with Gasteiger partial charge in [-0.3, -0.25) is 4.79 Å². The molecule has 2 heterocycles. The summed E-state index contributed by atoms with van der Waals surface area (Å²) in [6, 6.07) is 11.9. The van der Waals surface area contributed by atoms with Crippen LogP contribution in [0.3, 0.4) is 0 Å². The Morgan fingerprint density at radius 3 is 2.61 bits per heavy atom. The van der Waals surface area contributed by atoms with Crippen LogP contribution >= 0.6 is 0 Å². The largest absolute Gasteiger partial charge is 0.497 e. The van der Waals surface area contributed by atoms with Gasteiger partial charge in [-0.05, 0) is 49.7 Å². The third-order valence-electron chi connectivity index (χ3n) is 6.25. The lowest BCUT2D eigenvalue weighted by atomic mass is 9.99. The molecule has 1 saturated heterocycles. The van der Waals surface area contributed by atoms with E-state index in [-0.39, 0.29) is 5.91 Å². The highest BCUT2D eigenvalue weighted by Crippen LogP contribution is 2.38. The Labute approximate surface area is 195 Å². The minimum absolute atomic E-state index is 0.0472. The molecule has 3 aromatic rings. The highest BCUT2D eigenvalue weighted by atomic mass is 16.5. The predicted molar refractivity (Wildman–Crippen MR) is 132 cm³/mol. The average Bonchev–Trinajstić information content (AvgIpc) is 3.26. The Balaban J connectivity index is 1.70. The summed E-state index contributed by atoms with van der Waals surface area (Å²) in [5.41, 5.74) is 4.50. The van der Waals surface area contributed by atoms with Crippen molar-refractivity contribution in [2.45, 2.75) is 20.8 Å². The number of hydrogen-bond donors (Lipinski definition) is 0. The van der Waals surface area contributed by atoms with Gasteiger partial charge in [0.2, 0.25) is 5.91 Å². The van der Waals surface area contributed by atoms with Crippen molar-refractivity contribution in [2.75, 3.05) is 46.4 Å². The van der Waals surface area contributed by atoms with Crippen LogP contribution in [0.25, 0.3) is 27.7 Å². The summed E-state index contributed by atoms with van der Waals surface area (Å²) in [5.74, 6) is 1.55. The number of furan rings is 1. The van der Waals surface area contributed by atoms with Crippen LogP contribution in [0.15, 0.2) is 53.2 Å². The van der Waals surface area contributed by atoms with Crippen LogP contribution in [0, 0.1) is 0 Å². The number of carbonyl (C=O) groups excluding carboxylic acids is 1. The molecule has 0 spiro atoms. The van der Waals surface area contributed by atoms with E-state index in [1.54, 1.807) is 19.4 Å². The van der Waals surface area contributed by atoms with Crippen LogP contribution in [0.5, 0.6) is 11.5 Å². The Hall–Kier alpha value is -3.25. The summed E-state index contributed by atoms with van der Waals surface area (Å²) in [6.45, 7) is 11.0. The van der Waals surface area contributed by atoms with E-state index in [9.17, 15) is 4.79 Å². The predicted octanol–water partition coefficient (Wildman–Crippen LogP) is 5.07. The third-order valence-corrected chi connectivity index (χ3v) is 6.25. The van der Waals surface area contributed by atoms with Crippen LogP contribution in [0.4, 0.5) is 0 Å². The maximum absolute atomic E-state index is 13.0. The highest BCUT2D eigenvalue weighted by molar-refractivity contribution is 6.00. The number of likely N-dealkylation sites (N-methyl/N-ethyl adjacent to an activating group) is 1. The fraction of sp³-hybridized carbons (Fsp3) is 0.370. The minimum atomic E-state index is 0.0472. The van der Waals surface area contributed by atoms with Gasteiger partial charge >= 0.3 is 0 Å². The van der Waals surface area contributed by atoms with E-state index in [0.29, 0.717) is 12.4 Å². The topological polar surface area (TPSA) is 55.2 Å². The van der Waals surface area contributed by atoms with E-state index in [4.69, 9.17) is 13.9 Å². The molecule has 2 aromatic carbocycles. The number of benzene rings is 2. The van der Waals surface area contributed by atoms with E-state index < -0.39 is 0 Å². The number of piperazine rings is 1. The first-order valence-electron chi connectivity index (χ1n) is 11.6. The van der Waals surface area contributed by atoms with Gasteiger partial charge in [-0.1, -0.05) is 19.1 Å². The number of methoxy groups -OCH3 is 1. The molecule has 1 aromatic heterocycles. The summed E-state index contributed by atoms with van der Waals surface area (Å²) in [5, 5.41) is 0.971. The molecular weight excluding hydrogens is 416 g/mol. The Kier molecular flexibility index (Phi) is 7.04. The summed E-state index contributed by atoms with van der Waals surface area (Å²) >= 11 is 0. The van der Waals surface area contributed by atoms with Gasteiger partial charge in [0.1, 0.15) is 17.1 Å². The molecular formula is C27H32N2O4. The second kappa shape index (κ2) is 10.1. The van der Waals surface area contributed by atoms with Crippen molar-refractivity contribution >= 4 is 22.4 Å². The van der Waals surface area contributed by atoms with Crippen LogP contribution < -0.4 is 9.47 Å². The van der Waals surface area contributed by atoms with Crippen LogP contribution in [-0.2, 0) is 4.79 Å². The molecule has 0 N–H and O–H groups in total. The first kappa shape index (κ1) is 22.9. The number of carbonyl (C=O) groups is 1. The minimum Gasteiger partial charge on any atom is -0.497 e. The normalized spacial score (nSPS) is 15.2. The van der Waals surface area contributed by atoms with Crippen molar-refractivity contribution in [1.82, 2.24) is 9.80 Å². The van der Waals surface area contributed by atoms with Crippen molar-refractivity contribution in [1.29, 1.82) is 0 Å². The first-order chi connectivity index (χ1) is 16.0. The number of nitrogens with zero attached hydrogens (tertiary/aromatic N) is 2. The molecule has 6 heteroatoms. The van der Waals surface area contributed by atoms with Gasteiger partial charge in [0.05, 0.1) is 20.0 Å². The lowest BCUT2D eigenvalue weighted by molar-refractivity contribution is -0.127. The Morgan fingerprint density at radius 2 is 1.91 bits per heavy atom. The van der Waals surface area contributed by atoms with Gasteiger partial charge in [0.25, 0.3) is 0 Å². The number of allylic oxidation sites excluding steroid dienone is 1. The van der Waals surface area contributed by atoms with Crippen molar-refractivity contribution in [3.8, 4) is 22.6 Å². The second-order valence-electron chi connectivity index (χ2n) is 8.25. The summed E-state index contributed by atoms with van der Waals surface area (Å²) in [7, 11) is 1.66. The molecule has 0 aliphatic carbocycles. The third kappa shape index (κ3) is 4.91. The molecule has 0 bridgehead atoms. The maximum atomic E-state index is 13.0. The zero-order valence-corrected chi connectivity index (χ0v) is 19.9. The van der Waals surface area contributed by atoms with Gasteiger partial charge < -0.3 is 23.7 Å². The fourth-order valence-corrected chi connectivity index (χ4v) is 4.29. The van der Waals surface area contributed by atoms with E-state index in [1.807, 2.05) is 49.1 Å². The molecule has 174 valence electrons. The number of rotatable bonds is 7. The molecule has 0 radical (unpaired) electrons. The van der Waals surface area contributed by atoms with Gasteiger partial charge in [0.15, 0.2) is 0 Å². The summed E-state index contributed by atoms with van der Waals surface area (Å²) in [4.78, 5) is 17.3. The van der Waals surface area contributed by atoms with Crippen molar-refractivity contribution in [3.63, 3.8) is 0 Å². The Bertz CT molecular complexity index is 1160. The van der Waals surface area contributed by atoms with E-state index in [2.05, 4.69) is 17.9 Å². The molecule has 6 nitrogen and oxygen atoms in total. The molecule has 33 heavy (non-hydrogen) atoms. The lowest BCUT2D eigenvalue weighted by Crippen LogP contribution is -2.48. The quantitative estimate of drug-likeness (QED) is 0.472. The average molecular weight is 449 g/mol. The second-order valence-corrected chi connectivity index (χ2v) is 8.25. The smallest absolute Gasteiger partial charge is 0.246 e. The molecule has 1 aliphatic rings. The Morgan fingerprint density at radius 1 is 1.12 bits per heavy atom. The van der Waals surface area contributed by atoms with Crippen LogP contribution in [0.2, 0.25) is 0 Å². The number of ether oxygens (including phenoxy) is 2. The zero-order chi connectivity index (χ0) is 23.4. The number of fused-ring (bicyclic) bond motifs is 1. The molecule has 0 unspecified atom stereocenters. The summed E-state index contributed by atoms with van der Waals surface area (Å²) in [6.07, 6.45) is 3.49. The number of hydrogen-bond acceptors (Lipinski definition) is 5. The van der Waals surface area contributed by atoms with Gasteiger partial charge in [-0.2, -0.15) is 0 Å². The van der Waals surface area contributed by atoms with Crippen molar-refractivity contribution in [2.24, 2.45) is 0 Å². The SMILES string of the molecule is CCOc1cc2occ(-c3cccc(OC)c3)c2cc1/C(C)=C/C(=O)N1CCN(CC)CC1. The van der Waals surface area contributed by atoms with Crippen LogP contribution in [-0.4, -0.2) is 62.1 Å². The maximum Gasteiger partial charge on any atom is 0.246 e. The van der Waals surface area contributed by atoms with E-state index in [1.165, 1.54) is 0 Å². The number of amides is 1. The molecule has 1 amide bonds. The van der Waals surface area contributed by atoms with Crippen LogP contribution in [0.1, 0.15) is 26.3 Å². The molecule has 1 fully saturated rings. The van der Waals surface area contributed by atoms with Gasteiger partial charge in [-0.15, -0.1) is 0 Å². The van der Waals surface area contributed by atoms with Crippen molar-refractivity contribution in [3.05, 3.63) is 54.3 Å². The highest BCUT2D eigenvalue weighted by Gasteiger charge is 2.20. The fourth-order valence-electron chi connectivity index (χ4n) is 4.29. The van der Waals surface area contributed by atoms with Crippen molar-refractivity contribution < 1.29 is 18.7 Å². The molecule has 0 saturated carbocycles. The molecule has 4 rings (SSSR count). The monoisotopic (exact) mass is 448 g/mol. The molecule has 0 atom stereocenters.